The highest BCUT2D eigenvalue weighted by Gasteiger charge is 2.90. The van der Waals surface area contributed by atoms with Gasteiger partial charge in [-0.3, -0.25) is 0 Å². The van der Waals surface area contributed by atoms with E-state index in [0.29, 0.717) is 0 Å². The average Bonchev–Trinajstić information content (AvgIpc) is 2.58. The van der Waals surface area contributed by atoms with Crippen LogP contribution in [0.2, 0.25) is 0 Å². The van der Waals surface area contributed by atoms with Gasteiger partial charge in [0.25, 0.3) is 0 Å². The molecule has 0 nitrogen and oxygen atoms in total. The molecule has 0 amide bonds. The van der Waals surface area contributed by atoms with Gasteiger partial charge in [-0.1, -0.05) is 30.0 Å². The monoisotopic (exact) mass is 448 g/mol. The van der Waals surface area contributed by atoms with Gasteiger partial charge in [-0.2, -0.15) is 57.1 Å². The van der Waals surface area contributed by atoms with E-state index in [1.165, 1.54) is 30.3 Å². The van der Waals surface area contributed by atoms with Crippen LogP contribution in [0.5, 0.6) is 0 Å². The van der Waals surface area contributed by atoms with E-state index in [-0.39, 0.29) is 5.56 Å². The quantitative estimate of drug-likeness (QED) is 0.342. The van der Waals surface area contributed by atoms with Crippen LogP contribution >= 0.6 is 0 Å². The van der Waals surface area contributed by atoms with Crippen molar-refractivity contribution in [2.24, 2.45) is 0 Å². The van der Waals surface area contributed by atoms with Crippen molar-refractivity contribution in [3.63, 3.8) is 0 Å². The summed E-state index contributed by atoms with van der Waals surface area (Å²) >= 11 is 0. The van der Waals surface area contributed by atoms with E-state index in [2.05, 4.69) is 5.92 Å². The largest absolute Gasteiger partial charge is 0.460 e. The number of benzene rings is 1. The summed E-state index contributed by atoms with van der Waals surface area (Å²) in [5, 5.41) is 0. The fourth-order valence-corrected chi connectivity index (χ4v) is 1.86. The Balaban J connectivity index is 3.14. The minimum Gasteiger partial charge on any atom is -0.200 e. The Labute approximate surface area is 154 Å². The van der Waals surface area contributed by atoms with Crippen molar-refractivity contribution in [1.29, 1.82) is 0 Å². The van der Waals surface area contributed by atoms with E-state index in [1.54, 1.807) is 0 Å². The Bertz CT molecular complexity index is 751. The van der Waals surface area contributed by atoms with Crippen LogP contribution < -0.4 is 0 Å². The van der Waals surface area contributed by atoms with Crippen molar-refractivity contribution < 1.29 is 57.1 Å². The maximum Gasteiger partial charge on any atom is 0.460 e. The molecule has 0 atom stereocenters. The molecule has 0 unspecified atom stereocenters. The fraction of sp³-hybridized carbons (Fsp3) is 0.500. The highest BCUT2D eigenvalue weighted by molar-refractivity contribution is 5.33. The molecule has 0 bridgehead atoms. The summed E-state index contributed by atoms with van der Waals surface area (Å²) in [6.45, 7) is 0. The normalized spacial score (nSPS) is 14.4. The van der Waals surface area contributed by atoms with Gasteiger partial charge >= 0.3 is 35.8 Å². The van der Waals surface area contributed by atoms with Crippen LogP contribution in [0.15, 0.2) is 30.3 Å². The van der Waals surface area contributed by atoms with Crippen LogP contribution in [0, 0.1) is 11.8 Å². The molecule has 0 aliphatic heterocycles. The molecule has 0 N–H and O–H groups in total. The minimum absolute atomic E-state index is 0.184. The molecule has 0 fully saturated rings. The molecule has 0 saturated carbocycles. The van der Waals surface area contributed by atoms with Gasteiger partial charge < -0.3 is 0 Å². The Morgan fingerprint density at radius 3 is 1.48 bits per heavy atom. The topological polar surface area (TPSA) is 0 Å². The van der Waals surface area contributed by atoms with Crippen LogP contribution in [-0.4, -0.2) is 35.8 Å². The molecule has 0 radical (unpaired) electrons. The first-order chi connectivity index (χ1) is 12.8. The first-order valence-electron chi connectivity index (χ1n) is 7.32. The molecule has 0 aromatic heterocycles. The van der Waals surface area contributed by atoms with Crippen molar-refractivity contribution in [2.45, 2.75) is 48.6 Å². The fourth-order valence-electron chi connectivity index (χ4n) is 1.86. The summed E-state index contributed by atoms with van der Waals surface area (Å²) in [5.41, 5.74) is 0.184. The summed E-state index contributed by atoms with van der Waals surface area (Å²) < 4.78 is 168. The first kappa shape index (κ1) is 24.9. The second-order valence-corrected chi connectivity index (χ2v) is 5.67. The van der Waals surface area contributed by atoms with Gasteiger partial charge in [0, 0.05) is 18.4 Å². The zero-order chi connectivity index (χ0) is 22.9. The van der Waals surface area contributed by atoms with Gasteiger partial charge in [0.2, 0.25) is 0 Å². The predicted molar refractivity (Wildman–Crippen MR) is 73.3 cm³/mol. The van der Waals surface area contributed by atoms with Crippen LogP contribution in [-0.2, 0) is 0 Å². The highest BCUT2D eigenvalue weighted by Crippen LogP contribution is 2.60. The zero-order valence-electron chi connectivity index (χ0n) is 13.7. The zero-order valence-corrected chi connectivity index (χ0v) is 13.7. The summed E-state index contributed by atoms with van der Waals surface area (Å²) in [6.07, 6.45) is -11.0. The number of alkyl halides is 13. The predicted octanol–water partition coefficient (Wildman–Crippen LogP) is 6.56. The lowest BCUT2D eigenvalue weighted by Gasteiger charge is -2.39. The van der Waals surface area contributed by atoms with Gasteiger partial charge in [-0.15, -0.1) is 0 Å². The summed E-state index contributed by atoms with van der Waals surface area (Å²) in [6, 6.07) is 7.09. The number of halogens is 13. The molecule has 1 aromatic carbocycles. The third-order valence-electron chi connectivity index (χ3n) is 3.57. The summed E-state index contributed by atoms with van der Waals surface area (Å²) in [5.74, 6) is -32.7. The minimum atomic E-state index is -7.87. The molecular formula is C16H9F13. The molecule has 0 aliphatic carbocycles. The summed E-state index contributed by atoms with van der Waals surface area (Å²) in [7, 11) is 0. The smallest absolute Gasteiger partial charge is 0.200 e. The Morgan fingerprint density at radius 1 is 0.586 bits per heavy atom. The van der Waals surface area contributed by atoms with Gasteiger partial charge in [0.05, 0.1) is 0 Å². The lowest BCUT2D eigenvalue weighted by molar-refractivity contribution is -0.440. The maximum atomic E-state index is 13.5. The third kappa shape index (κ3) is 4.25. The third-order valence-corrected chi connectivity index (χ3v) is 3.57. The molecule has 0 aliphatic rings. The van der Waals surface area contributed by atoms with Gasteiger partial charge in [-0.05, 0) is 12.1 Å². The van der Waals surface area contributed by atoms with Crippen LogP contribution in [0.1, 0.15) is 18.4 Å². The molecule has 164 valence electrons. The van der Waals surface area contributed by atoms with E-state index in [4.69, 9.17) is 0 Å². The molecule has 0 heterocycles. The number of hydrogen-bond acceptors (Lipinski definition) is 0. The SMILES string of the molecule is FC(F)(F)C(F)(F)C(F)(F)C(F)(F)C(F)(F)C(F)(F)CCC#Cc1ccccc1. The van der Waals surface area contributed by atoms with Gasteiger partial charge in [-0.25, -0.2) is 0 Å². The molecule has 0 saturated heterocycles. The van der Waals surface area contributed by atoms with E-state index in [9.17, 15) is 57.1 Å². The molecule has 0 spiro atoms. The van der Waals surface area contributed by atoms with E-state index in [1.807, 2.05) is 5.92 Å². The van der Waals surface area contributed by atoms with Gasteiger partial charge in [0.1, 0.15) is 0 Å². The second-order valence-electron chi connectivity index (χ2n) is 5.67. The van der Waals surface area contributed by atoms with Crippen molar-refractivity contribution in [1.82, 2.24) is 0 Å². The average molecular weight is 448 g/mol. The lowest BCUT2D eigenvalue weighted by Crippen LogP contribution is -2.70. The molecule has 1 rings (SSSR count). The molecule has 29 heavy (non-hydrogen) atoms. The second kappa shape index (κ2) is 7.60. The van der Waals surface area contributed by atoms with E-state index < -0.39 is 48.6 Å². The Morgan fingerprint density at radius 2 is 1.03 bits per heavy atom. The standard InChI is InChI=1S/C16H9F13/c17-11(18,9-5-4-8-10-6-2-1-3-7-10)12(19,20)13(21,22)14(23,24)15(25,26)16(27,28)29/h1-3,6-7H,5,9H2. The van der Waals surface area contributed by atoms with E-state index >= 15 is 0 Å². The molecule has 13 heteroatoms. The van der Waals surface area contributed by atoms with E-state index in [0.717, 1.165) is 0 Å². The van der Waals surface area contributed by atoms with Crippen molar-refractivity contribution in [2.75, 3.05) is 0 Å². The number of hydrogen-bond donors (Lipinski definition) is 0. The van der Waals surface area contributed by atoms with Crippen molar-refractivity contribution >= 4 is 0 Å². The van der Waals surface area contributed by atoms with Crippen molar-refractivity contribution in [3.05, 3.63) is 35.9 Å². The molecular weight excluding hydrogens is 439 g/mol. The first-order valence-corrected chi connectivity index (χ1v) is 7.32. The van der Waals surface area contributed by atoms with Crippen LogP contribution in [0.25, 0.3) is 0 Å². The number of rotatable bonds is 6. The summed E-state index contributed by atoms with van der Waals surface area (Å²) in [4.78, 5) is 0. The maximum absolute atomic E-state index is 13.5. The van der Waals surface area contributed by atoms with Crippen LogP contribution in [0.3, 0.4) is 0 Å². The lowest BCUT2D eigenvalue weighted by atomic mass is 9.92. The highest BCUT2D eigenvalue weighted by atomic mass is 19.4. The van der Waals surface area contributed by atoms with Crippen molar-refractivity contribution in [3.8, 4) is 11.8 Å². The molecule has 1 aromatic rings. The Kier molecular flexibility index (Phi) is 6.53. The van der Waals surface area contributed by atoms with Crippen LogP contribution in [0.4, 0.5) is 57.1 Å². The van der Waals surface area contributed by atoms with Gasteiger partial charge in [0.15, 0.2) is 0 Å². The Hall–Kier alpha value is -2.13.